The Balaban J connectivity index is 1.45. The highest BCUT2D eigenvalue weighted by Gasteiger charge is 2.33. The van der Waals surface area contributed by atoms with Gasteiger partial charge in [-0.05, 0) is 41.2 Å². The molecule has 0 spiro atoms. The van der Waals surface area contributed by atoms with Gasteiger partial charge in [-0.25, -0.2) is 9.59 Å². The number of carbonyl (C=O) groups excluding carboxylic acids is 2. The third-order valence-electron chi connectivity index (χ3n) is 7.19. The van der Waals surface area contributed by atoms with E-state index in [0.29, 0.717) is 6.42 Å². The Morgan fingerprint density at radius 2 is 1.48 bits per heavy atom. The second-order valence-electron chi connectivity index (χ2n) is 9.99. The average molecular weight is 545 g/mol. The van der Waals surface area contributed by atoms with Gasteiger partial charge >= 0.3 is 12.1 Å². The Morgan fingerprint density at radius 3 is 2.08 bits per heavy atom. The number of unbranched alkanes of at least 4 members (excludes halogenated alkanes) is 1. The molecule has 8 nitrogen and oxygen atoms in total. The zero-order valence-corrected chi connectivity index (χ0v) is 22.8. The molecule has 0 bridgehead atoms. The number of hydrogen-bond donors (Lipinski definition) is 3. The van der Waals surface area contributed by atoms with Gasteiger partial charge in [0.1, 0.15) is 18.7 Å². The maximum absolute atomic E-state index is 13.3. The fourth-order valence-corrected chi connectivity index (χ4v) is 4.99. The van der Waals surface area contributed by atoms with Gasteiger partial charge in [-0.2, -0.15) is 0 Å². The molecule has 2 amide bonds. The molecule has 0 saturated heterocycles. The quantitative estimate of drug-likeness (QED) is 0.271. The number of rotatable bonds is 13. The number of hydrogen-bond acceptors (Lipinski definition) is 5. The molecule has 1 aliphatic rings. The molecule has 0 heterocycles. The summed E-state index contributed by atoms with van der Waals surface area (Å²) < 4.78 is 11.6. The normalized spacial score (nSPS) is 14.3. The van der Waals surface area contributed by atoms with Gasteiger partial charge in [0.2, 0.25) is 5.91 Å². The van der Waals surface area contributed by atoms with E-state index in [4.69, 9.17) is 9.47 Å². The molecule has 0 aromatic heterocycles. The predicted octanol–water partition coefficient (Wildman–Crippen LogP) is 5.26. The van der Waals surface area contributed by atoms with Gasteiger partial charge in [0, 0.05) is 5.92 Å². The molecule has 1 unspecified atom stereocenters. The van der Waals surface area contributed by atoms with E-state index in [1.165, 1.54) is 0 Å². The van der Waals surface area contributed by atoms with E-state index >= 15 is 0 Å². The molecule has 3 atom stereocenters. The molecule has 1 aliphatic carbocycles. The van der Waals surface area contributed by atoms with Crippen molar-refractivity contribution in [2.45, 2.75) is 63.8 Å². The van der Waals surface area contributed by atoms with Crippen molar-refractivity contribution in [3.8, 4) is 11.1 Å². The van der Waals surface area contributed by atoms with Crippen molar-refractivity contribution in [2.24, 2.45) is 0 Å². The van der Waals surface area contributed by atoms with Crippen molar-refractivity contribution in [3.05, 3.63) is 95.6 Å². The largest absolute Gasteiger partial charge is 0.480 e. The predicted molar refractivity (Wildman–Crippen MR) is 152 cm³/mol. The Hall–Kier alpha value is -4.17. The minimum absolute atomic E-state index is 0.0850. The molecule has 0 radical (unpaired) electrons. The number of ether oxygens (including phenoxy) is 2. The highest BCUT2D eigenvalue weighted by atomic mass is 16.5. The minimum atomic E-state index is -1.16. The SMILES string of the molecule is CCCCC(NC(=O)[C@H](NC(=O)OCC1c2ccccc2-c2ccccc21)[C@H](C)OCc1ccccc1)C(=O)O. The lowest BCUT2D eigenvalue weighted by Crippen LogP contribution is -2.56. The van der Waals surface area contributed by atoms with Crippen LogP contribution < -0.4 is 10.6 Å². The number of alkyl carbamates (subject to hydrolysis) is 1. The topological polar surface area (TPSA) is 114 Å². The van der Waals surface area contributed by atoms with Crippen molar-refractivity contribution in [1.29, 1.82) is 0 Å². The third kappa shape index (κ3) is 7.07. The minimum Gasteiger partial charge on any atom is -0.480 e. The smallest absolute Gasteiger partial charge is 0.407 e. The number of fused-ring (bicyclic) bond motifs is 3. The van der Waals surface area contributed by atoms with E-state index in [2.05, 4.69) is 22.8 Å². The van der Waals surface area contributed by atoms with E-state index in [0.717, 1.165) is 34.2 Å². The van der Waals surface area contributed by atoms with Gasteiger partial charge in [-0.1, -0.05) is 98.6 Å². The summed E-state index contributed by atoms with van der Waals surface area (Å²) in [4.78, 5) is 38.1. The van der Waals surface area contributed by atoms with Gasteiger partial charge in [-0.15, -0.1) is 0 Å². The van der Waals surface area contributed by atoms with E-state index < -0.39 is 36.2 Å². The lowest BCUT2D eigenvalue weighted by Gasteiger charge is -2.26. The first-order valence-electron chi connectivity index (χ1n) is 13.7. The Bertz CT molecular complexity index is 1270. The van der Waals surface area contributed by atoms with Gasteiger partial charge in [0.25, 0.3) is 0 Å². The van der Waals surface area contributed by atoms with E-state index in [1.807, 2.05) is 73.7 Å². The van der Waals surface area contributed by atoms with Crippen molar-refractivity contribution in [1.82, 2.24) is 10.6 Å². The zero-order valence-electron chi connectivity index (χ0n) is 22.8. The van der Waals surface area contributed by atoms with Gasteiger partial charge < -0.3 is 25.2 Å². The number of carbonyl (C=O) groups is 3. The summed E-state index contributed by atoms with van der Waals surface area (Å²) >= 11 is 0. The average Bonchev–Trinajstić information content (AvgIpc) is 3.29. The van der Waals surface area contributed by atoms with Crippen LogP contribution in [-0.4, -0.2) is 47.9 Å². The summed E-state index contributed by atoms with van der Waals surface area (Å²) in [7, 11) is 0. The number of aliphatic carboxylic acids is 1. The van der Waals surface area contributed by atoms with Crippen LogP contribution in [-0.2, 0) is 25.7 Å². The number of amides is 2. The first-order chi connectivity index (χ1) is 19.4. The summed E-state index contributed by atoms with van der Waals surface area (Å²) in [6.45, 7) is 3.92. The summed E-state index contributed by atoms with van der Waals surface area (Å²) in [5, 5.41) is 14.8. The Kier molecular flexibility index (Phi) is 9.91. The summed E-state index contributed by atoms with van der Waals surface area (Å²) in [6, 6.07) is 23.3. The van der Waals surface area contributed by atoms with Crippen LogP contribution in [0.25, 0.3) is 11.1 Å². The first-order valence-corrected chi connectivity index (χ1v) is 13.7. The number of carboxylic acids is 1. The summed E-state index contributed by atoms with van der Waals surface area (Å²) in [6.07, 6.45) is 0.174. The lowest BCUT2D eigenvalue weighted by atomic mass is 9.98. The molecule has 0 aliphatic heterocycles. The lowest BCUT2D eigenvalue weighted by molar-refractivity contribution is -0.143. The van der Waals surface area contributed by atoms with Crippen LogP contribution in [0.1, 0.15) is 55.7 Å². The van der Waals surface area contributed by atoms with Crippen LogP contribution in [0, 0.1) is 0 Å². The van der Waals surface area contributed by atoms with Crippen LogP contribution in [0.3, 0.4) is 0 Å². The maximum Gasteiger partial charge on any atom is 0.407 e. The Morgan fingerprint density at radius 1 is 0.875 bits per heavy atom. The van der Waals surface area contributed by atoms with Crippen LogP contribution in [0.2, 0.25) is 0 Å². The fraction of sp³-hybridized carbons (Fsp3) is 0.344. The maximum atomic E-state index is 13.3. The molecule has 8 heteroatoms. The first kappa shape index (κ1) is 28.8. The van der Waals surface area contributed by atoms with Crippen molar-refractivity contribution in [3.63, 3.8) is 0 Å². The second kappa shape index (κ2) is 13.8. The number of benzene rings is 3. The van der Waals surface area contributed by atoms with Gasteiger partial charge in [0.05, 0.1) is 12.7 Å². The van der Waals surface area contributed by atoms with Crippen molar-refractivity contribution in [2.75, 3.05) is 6.61 Å². The van der Waals surface area contributed by atoms with Crippen LogP contribution in [0.15, 0.2) is 78.9 Å². The molecule has 210 valence electrons. The highest BCUT2D eigenvalue weighted by molar-refractivity contribution is 5.89. The van der Waals surface area contributed by atoms with Crippen LogP contribution in [0.5, 0.6) is 0 Å². The number of carboxylic acid groups (broad SMARTS) is 1. The van der Waals surface area contributed by atoms with E-state index in [1.54, 1.807) is 6.92 Å². The van der Waals surface area contributed by atoms with Crippen molar-refractivity contribution >= 4 is 18.0 Å². The number of nitrogens with one attached hydrogen (secondary N) is 2. The summed E-state index contributed by atoms with van der Waals surface area (Å²) in [5.41, 5.74) is 5.27. The molecule has 3 aromatic rings. The van der Waals surface area contributed by atoms with E-state index in [9.17, 15) is 19.5 Å². The van der Waals surface area contributed by atoms with Gasteiger partial charge in [-0.3, -0.25) is 4.79 Å². The standard InChI is InChI=1S/C32H36N2O6/c1-3-4-18-28(31(36)37)33-30(35)29(21(2)39-19-22-12-6-5-7-13-22)34-32(38)40-20-27-25-16-10-8-14-23(25)24-15-9-11-17-26(24)27/h5-17,21,27-29H,3-4,18-20H2,1-2H3,(H,33,35)(H,34,38)(H,36,37)/t21-,28?,29+/m0/s1. The van der Waals surface area contributed by atoms with Gasteiger partial charge in [0.15, 0.2) is 0 Å². The molecule has 3 aromatic carbocycles. The molecular formula is C32H36N2O6. The fourth-order valence-electron chi connectivity index (χ4n) is 4.99. The molecule has 0 fully saturated rings. The van der Waals surface area contributed by atoms with Crippen LogP contribution in [0.4, 0.5) is 4.79 Å². The van der Waals surface area contributed by atoms with Crippen LogP contribution >= 0.6 is 0 Å². The zero-order chi connectivity index (χ0) is 28.5. The second-order valence-corrected chi connectivity index (χ2v) is 9.99. The third-order valence-corrected chi connectivity index (χ3v) is 7.19. The molecule has 4 rings (SSSR count). The summed E-state index contributed by atoms with van der Waals surface area (Å²) in [5.74, 6) is -1.90. The molecule has 40 heavy (non-hydrogen) atoms. The van der Waals surface area contributed by atoms with E-state index in [-0.39, 0.29) is 25.6 Å². The molecular weight excluding hydrogens is 508 g/mol. The highest BCUT2D eigenvalue weighted by Crippen LogP contribution is 2.44. The Labute approximate surface area is 234 Å². The molecule has 3 N–H and O–H groups in total. The van der Waals surface area contributed by atoms with Crippen molar-refractivity contribution < 1.29 is 29.0 Å². The monoisotopic (exact) mass is 544 g/mol. The molecule has 0 saturated carbocycles.